The second kappa shape index (κ2) is 5.44. The Morgan fingerprint density at radius 1 is 1.32 bits per heavy atom. The predicted octanol–water partition coefficient (Wildman–Crippen LogP) is 1.00. The standard InChI is InChI=1S/C12H9N7O3/c20-12-16-10-9(13-6-14-10)11(17-12)18-15-5-7-1-3-8(4-2-7)19(21)22/h1-6H,(H3,13,14,16,17,18,20). The Hall–Kier alpha value is -3.56. The van der Waals surface area contributed by atoms with Gasteiger partial charge in [0.25, 0.3) is 5.69 Å². The molecular weight excluding hydrogens is 290 g/mol. The fourth-order valence-corrected chi connectivity index (χ4v) is 1.79. The zero-order valence-electron chi connectivity index (χ0n) is 11.0. The van der Waals surface area contributed by atoms with E-state index < -0.39 is 10.6 Å². The molecule has 3 aromatic rings. The molecule has 0 amide bonds. The molecule has 10 heteroatoms. The highest BCUT2D eigenvalue weighted by Crippen LogP contribution is 2.13. The first-order valence-electron chi connectivity index (χ1n) is 6.10. The number of nitro groups is 1. The molecule has 2 aromatic heterocycles. The molecule has 0 fully saturated rings. The number of H-pyrrole nitrogens is 2. The van der Waals surface area contributed by atoms with Crippen LogP contribution in [0, 0.1) is 10.1 Å². The molecule has 3 rings (SSSR count). The van der Waals surface area contributed by atoms with E-state index in [1.807, 2.05) is 0 Å². The summed E-state index contributed by atoms with van der Waals surface area (Å²) in [6, 6.07) is 5.88. The lowest BCUT2D eigenvalue weighted by molar-refractivity contribution is -0.384. The van der Waals surface area contributed by atoms with Crippen LogP contribution in [0.5, 0.6) is 0 Å². The molecule has 0 saturated carbocycles. The number of nitrogens with one attached hydrogen (secondary N) is 3. The minimum Gasteiger partial charge on any atom is -0.340 e. The van der Waals surface area contributed by atoms with Gasteiger partial charge >= 0.3 is 5.69 Å². The minimum absolute atomic E-state index is 0.00254. The number of nitro benzene ring substituents is 1. The summed E-state index contributed by atoms with van der Waals surface area (Å²) in [6.07, 6.45) is 2.88. The molecule has 1 aromatic carbocycles. The quantitative estimate of drug-likeness (QED) is 0.372. The number of imidazole rings is 1. The van der Waals surface area contributed by atoms with Gasteiger partial charge in [-0.1, -0.05) is 0 Å². The molecule has 0 spiro atoms. The second-order valence-corrected chi connectivity index (χ2v) is 4.24. The molecule has 0 bridgehead atoms. The number of hydrogen-bond acceptors (Lipinski definition) is 7. The van der Waals surface area contributed by atoms with E-state index in [0.717, 1.165) is 0 Å². The fourth-order valence-electron chi connectivity index (χ4n) is 1.79. The Kier molecular flexibility index (Phi) is 3.32. The predicted molar refractivity (Wildman–Crippen MR) is 78.8 cm³/mol. The summed E-state index contributed by atoms with van der Waals surface area (Å²) in [7, 11) is 0. The van der Waals surface area contributed by atoms with Gasteiger partial charge in [-0.2, -0.15) is 10.1 Å². The Labute approximate surface area is 122 Å². The summed E-state index contributed by atoms with van der Waals surface area (Å²) in [4.78, 5) is 34.3. The molecule has 3 N–H and O–H groups in total. The number of fused-ring (bicyclic) bond motifs is 1. The van der Waals surface area contributed by atoms with Crippen molar-refractivity contribution in [1.82, 2.24) is 19.9 Å². The fraction of sp³-hybridized carbons (Fsp3) is 0. The molecule has 0 atom stereocenters. The van der Waals surface area contributed by atoms with E-state index >= 15 is 0 Å². The van der Waals surface area contributed by atoms with Gasteiger partial charge in [0, 0.05) is 12.1 Å². The average Bonchev–Trinajstić information content (AvgIpc) is 2.96. The van der Waals surface area contributed by atoms with Gasteiger partial charge in [0.2, 0.25) is 0 Å². The Balaban J connectivity index is 1.80. The highest BCUT2D eigenvalue weighted by Gasteiger charge is 2.06. The molecular formula is C12H9N7O3. The lowest BCUT2D eigenvalue weighted by Crippen LogP contribution is -2.12. The number of anilines is 1. The number of non-ortho nitro benzene ring substituents is 1. The molecule has 10 nitrogen and oxygen atoms in total. The summed E-state index contributed by atoms with van der Waals surface area (Å²) in [6.45, 7) is 0. The van der Waals surface area contributed by atoms with Gasteiger partial charge in [0.15, 0.2) is 11.5 Å². The van der Waals surface area contributed by atoms with Crippen LogP contribution in [0.1, 0.15) is 5.56 Å². The number of aromatic amines is 2. The molecule has 0 unspecified atom stereocenters. The lowest BCUT2D eigenvalue weighted by atomic mass is 10.2. The van der Waals surface area contributed by atoms with Gasteiger partial charge in [-0.3, -0.25) is 20.5 Å². The zero-order chi connectivity index (χ0) is 15.5. The van der Waals surface area contributed by atoms with Crippen molar-refractivity contribution < 1.29 is 4.92 Å². The van der Waals surface area contributed by atoms with E-state index in [1.54, 1.807) is 12.1 Å². The second-order valence-electron chi connectivity index (χ2n) is 4.24. The SMILES string of the molecule is O=c1nc2nc[nH]c2c(NN=Cc2ccc([N+](=O)[O-])cc2)[nH]1. The highest BCUT2D eigenvalue weighted by molar-refractivity contribution is 5.84. The third kappa shape index (κ3) is 2.65. The van der Waals surface area contributed by atoms with E-state index in [4.69, 9.17) is 0 Å². The summed E-state index contributed by atoms with van der Waals surface area (Å²) < 4.78 is 0. The Morgan fingerprint density at radius 2 is 2.09 bits per heavy atom. The molecule has 2 heterocycles. The molecule has 0 aliphatic heterocycles. The largest absolute Gasteiger partial charge is 0.348 e. The highest BCUT2D eigenvalue weighted by atomic mass is 16.6. The Bertz CT molecular complexity index is 910. The summed E-state index contributed by atoms with van der Waals surface area (Å²) >= 11 is 0. The van der Waals surface area contributed by atoms with Crippen molar-refractivity contribution in [1.29, 1.82) is 0 Å². The van der Waals surface area contributed by atoms with Gasteiger partial charge in [-0.15, -0.1) is 0 Å². The molecule has 0 aliphatic rings. The molecule has 110 valence electrons. The van der Waals surface area contributed by atoms with Crippen LogP contribution in [0.2, 0.25) is 0 Å². The zero-order valence-corrected chi connectivity index (χ0v) is 11.0. The van der Waals surface area contributed by atoms with Gasteiger partial charge in [0.1, 0.15) is 5.52 Å². The number of rotatable bonds is 4. The van der Waals surface area contributed by atoms with Crippen LogP contribution in [-0.4, -0.2) is 31.1 Å². The lowest BCUT2D eigenvalue weighted by Gasteiger charge is -2.00. The topological polar surface area (TPSA) is 142 Å². The van der Waals surface area contributed by atoms with E-state index in [0.29, 0.717) is 16.9 Å². The van der Waals surface area contributed by atoms with E-state index in [2.05, 4.69) is 30.5 Å². The monoisotopic (exact) mass is 299 g/mol. The van der Waals surface area contributed by atoms with Crippen molar-refractivity contribution in [3.63, 3.8) is 0 Å². The molecule has 22 heavy (non-hydrogen) atoms. The van der Waals surface area contributed by atoms with Crippen LogP contribution in [0.4, 0.5) is 11.5 Å². The first-order valence-corrected chi connectivity index (χ1v) is 6.10. The first kappa shape index (κ1) is 13.4. The van der Waals surface area contributed by atoms with Crippen molar-refractivity contribution in [3.8, 4) is 0 Å². The van der Waals surface area contributed by atoms with Gasteiger partial charge in [0.05, 0.1) is 17.5 Å². The van der Waals surface area contributed by atoms with Crippen molar-refractivity contribution in [3.05, 3.63) is 56.8 Å². The van der Waals surface area contributed by atoms with Crippen LogP contribution >= 0.6 is 0 Å². The number of aromatic nitrogens is 4. The average molecular weight is 299 g/mol. The van der Waals surface area contributed by atoms with Crippen LogP contribution in [-0.2, 0) is 0 Å². The van der Waals surface area contributed by atoms with Crippen LogP contribution in [0.3, 0.4) is 0 Å². The van der Waals surface area contributed by atoms with Crippen molar-refractivity contribution in [2.75, 3.05) is 5.43 Å². The van der Waals surface area contributed by atoms with Crippen molar-refractivity contribution in [2.45, 2.75) is 0 Å². The van der Waals surface area contributed by atoms with Gasteiger partial charge in [-0.05, 0) is 17.7 Å². The maximum atomic E-state index is 11.4. The smallest absolute Gasteiger partial charge is 0.340 e. The number of hydrogen-bond donors (Lipinski definition) is 3. The summed E-state index contributed by atoms with van der Waals surface area (Å²) in [5.74, 6) is 0.325. The van der Waals surface area contributed by atoms with E-state index in [1.165, 1.54) is 24.7 Å². The number of hydrazone groups is 1. The maximum absolute atomic E-state index is 11.4. The van der Waals surface area contributed by atoms with Crippen molar-refractivity contribution in [2.24, 2.45) is 5.10 Å². The maximum Gasteiger partial charge on any atom is 0.348 e. The normalized spacial score (nSPS) is 11.1. The van der Waals surface area contributed by atoms with Crippen LogP contribution < -0.4 is 11.1 Å². The minimum atomic E-state index is -0.548. The van der Waals surface area contributed by atoms with Crippen LogP contribution in [0.25, 0.3) is 11.2 Å². The van der Waals surface area contributed by atoms with Gasteiger partial charge < -0.3 is 4.98 Å². The molecule has 0 radical (unpaired) electrons. The molecule has 0 aliphatic carbocycles. The van der Waals surface area contributed by atoms with Crippen molar-refractivity contribution >= 4 is 28.9 Å². The van der Waals surface area contributed by atoms with E-state index in [9.17, 15) is 14.9 Å². The third-order valence-corrected chi connectivity index (χ3v) is 2.80. The number of benzene rings is 1. The van der Waals surface area contributed by atoms with Crippen LogP contribution in [0.15, 0.2) is 40.5 Å². The number of nitrogens with zero attached hydrogens (tertiary/aromatic N) is 4. The third-order valence-electron chi connectivity index (χ3n) is 2.80. The van der Waals surface area contributed by atoms with E-state index in [-0.39, 0.29) is 11.3 Å². The first-order chi connectivity index (χ1) is 10.6. The van der Waals surface area contributed by atoms with Gasteiger partial charge in [-0.25, -0.2) is 9.78 Å². The summed E-state index contributed by atoms with van der Waals surface area (Å²) in [5.41, 5.74) is 3.57. The summed E-state index contributed by atoms with van der Waals surface area (Å²) in [5, 5.41) is 14.5. The Morgan fingerprint density at radius 3 is 2.82 bits per heavy atom. The molecule has 0 saturated heterocycles.